The molecule has 3 nitrogen and oxygen atoms in total. The van der Waals surface area contributed by atoms with Crippen LogP contribution in [0.25, 0.3) is 0 Å². The third kappa shape index (κ3) is 3.69. The molecule has 1 N–H and O–H groups in total. The quantitative estimate of drug-likeness (QED) is 0.836. The van der Waals surface area contributed by atoms with E-state index >= 15 is 0 Å². The molecular weight excluding hydrogens is 226 g/mol. The van der Waals surface area contributed by atoms with Gasteiger partial charge in [0.25, 0.3) is 0 Å². The summed E-state index contributed by atoms with van der Waals surface area (Å²) in [7, 11) is 0. The maximum absolute atomic E-state index is 9.76. The van der Waals surface area contributed by atoms with E-state index in [0.717, 1.165) is 38.5 Å². The molecule has 2 heterocycles. The second kappa shape index (κ2) is 6.88. The Morgan fingerprint density at radius 1 is 1.22 bits per heavy atom. The molecule has 1 unspecified atom stereocenters. The highest BCUT2D eigenvalue weighted by atomic mass is 16.5. The van der Waals surface area contributed by atoms with Crippen LogP contribution in [0.5, 0.6) is 0 Å². The zero-order valence-electron chi connectivity index (χ0n) is 11.9. The Labute approximate surface area is 112 Å². The fourth-order valence-electron chi connectivity index (χ4n) is 3.44. The number of nitrogens with zero attached hydrogens (tertiary/aromatic N) is 1. The molecule has 0 aliphatic carbocycles. The molecule has 2 aliphatic heterocycles. The number of hydrogen-bond donors (Lipinski definition) is 1. The average molecular weight is 255 g/mol. The Kier molecular flexibility index (Phi) is 5.46. The van der Waals surface area contributed by atoms with E-state index in [1.165, 1.54) is 38.8 Å². The van der Waals surface area contributed by atoms with Crippen LogP contribution >= 0.6 is 0 Å². The zero-order valence-corrected chi connectivity index (χ0v) is 11.9. The minimum atomic E-state index is 0.115. The van der Waals surface area contributed by atoms with Crippen LogP contribution in [0.15, 0.2) is 0 Å². The fraction of sp³-hybridized carbons (Fsp3) is 1.00. The van der Waals surface area contributed by atoms with Crippen LogP contribution in [0.3, 0.4) is 0 Å². The highest BCUT2D eigenvalue weighted by Gasteiger charge is 2.34. The molecule has 0 aromatic rings. The van der Waals surface area contributed by atoms with Gasteiger partial charge in [0.2, 0.25) is 0 Å². The SMILES string of the molecule is CCC1CCCN(CC2(CO)CCOCC2)CC1. The molecular formula is C15H29NO2. The zero-order chi connectivity index (χ0) is 12.8. The van der Waals surface area contributed by atoms with Crippen molar-refractivity contribution in [2.24, 2.45) is 11.3 Å². The molecule has 0 amide bonds. The van der Waals surface area contributed by atoms with Crippen LogP contribution in [-0.2, 0) is 4.74 Å². The van der Waals surface area contributed by atoms with Crippen LogP contribution in [-0.4, -0.2) is 49.5 Å². The maximum Gasteiger partial charge on any atom is 0.0501 e. The summed E-state index contributed by atoms with van der Waals surface area (Å²) in [6.45, 7) is 7.81. The Morgan fingerprint density at radius 2 is 2.00 bits per heavy atom. The molecule has 18 heavy (non-hydrogen) atoms. The lowest BCUT2D eigenvalue weighted by Crippen LogP contribution is -2.44. The first-order valence-electron chi connectivity index (χ1n) is 7.69. The second-order valence-corrected chi connectivity index (χ2v) is 6.25. The van der Waals surface area contributed by atoms with Crippen molar-refractivity contribution in [3.8, 4) is 0 Å². The standard InChI is InChI=1S/C15H29NO2/c1-2-14-4-3-8-16(9-5-14)12-15(13-17)6-10-18-11-7-15/h14,17H,2-13H2,1H3. The minimum absolute atomic E-state index is 0.115. The molecule has 0 radical (unpaired) electrons. The number of hydrogen-bond acceptors (Lipinski definition) is 3. The average Bonchev–Trinajstić information content (AvgIpc) is 2.65. The summed E-state index contributed by atoms with van der Waals surface area (Å²) in [5.74, 6) is 0.926. The lowest BCUT2D eigenvalue weighted by Gasteiger charge is -2.39. The Hall–Kier alpha value is -0.120. The molecule has 106 valence electrons. The number of likely N-dealkylation sites (tertiary alicyclic amines) is 1. The molecule has 2 rings (SSSR count). The molecule has 2 saturated heterocycles. The Balaban J connectivity index is 1.87. The lowest BCUT2D eigenvalue weighted by atomic mass is 9.80. The van der Waals surface area contributed by atoms with Gasteiger partial charge in [-0.15, -0.1) is 0 Å². The smallest absolute Gasteiger partial charge is 0.0501 e. The molecule has 0 aromatic carbocycles. The van der Waals surface area contributed by atoms with Gasteiger partial charge < -0.3 is 14.7 Å². The predicted octanol–water partition coefficient (Wildman–Crippen LogP) is 2.29. The normalized spacial score (nSPS) is 30.0. The van der Waals surface area contributed by atoms with Crippen molar-refractivity contribution in [3.63, 3.8) is 0 Å². The van der Waals surface area contributed by atoms with Crippen LogP contribution in [0.1, 0.15) is 45.4 Å². The summed E-state index contributed by atoms with van der Waals surface area (Å²) in [5.41, 5.74) is 0.115. The summed E-state index contributed by atoms with van der Waals surface area (Å²) in [4.78, 5) is 2.59. The van der Waals surface area contributed by atoms with E-state index in [-0.39, 0.29) is 5.41 Å². The van der Waals surface area contributed by atoms with Gasteiger partial charge >= 0.3 is 0 Å². The Morgan fingerprint density at radius 3 is 2.67 bits per heavy atom. The first-order valence-corrected chi connectivity index (χ1v) is 7.69. The molecule has 0 aromatic heterocycles. The van der Waals surface area contributed by atoms with Crippen molar-refractivity contribution >= 4 is 0 Å². The number of ether oxygens (including phenoxy) is 1. The van der Waals surface area contributed by atoms with Gasteiger partial charge in [-0.1, -0.05) is 13.3 Å². The van der Waals surface area contributed by atoms with E-state index in [4.69, 9.17) is 4.74 Å². The lowest BCUT2D eigenvalue weighted by molar-refractivity contribution is -0.0339. The summed E-state index contributed by atoms with van der Waals surface area (Å²) < 4.78 is 5.45. The van der Waals surface area contributed by atoms with Crippen LogP contribution in [0.2, 0.25) is 0 Å². The van der Waals surface area contributed by atoms with Crippen molar-refractivity contribution in [3.05, 3.63) is 0 Å². The van der Waals surface area contributed by atoms with E-state index in [1.807, 2.05) is 0 Å². The summed E-state index contributed by atoms with van der Waals surface area (Å²) in [6.07, 6.45) is 7.44. The summed E-state index contributed by atoms with van der Waals surface area (Å²) in [6, 6.07) is 0. The molecule has 3 heteroatoms. The van der Waals surface area contributed by atoms with E-state index in [0.29, 0.717) is 6.61 Å². The van der Waals surface area contributed by atoms with Gasteiger partial charge in [-0.3, -0.25) is 0 Å². The summed E-state index contributed by atoms with van der Waals surface area (Å²) >= 11 is 0. The van der Waals surface area contributed by atoms with Gasteiger partial charge in [-0.2, -0.15) is 0 Å². The second-order valence-electron chi connectivity index (χ2n) is 6.25. The van der Waals surface area contributed by atoms with Gasteiger partial charge in [0.05, 0.1) is 6.61 Å². The van der Waals surface area contributed by atoms with E-state index in [9.17, 15) is 5.11 Å². The third-order valence-electron chi connectivity index (χ3n) is 4.97. The van der Waals surface area contributed by atoms with Crippen molar-refractivity contribution in [2.75, 3.05) is 39.5 Å². The van der Waals surface area contributed by atoms with Crippen LogP contribution < -0.4 is 0 Å². The number of aliphatic hydroxyl groups excluding tert-OH is 1. The van der Waals surface area contributed by atoms with Gasteiger partial charge in [-0.05, 0) is 51.1 Å². The molecule has 0 spiro atoms. The van der Waals surface area contributed by atoms with Gasteiger partial charge in [-0.25, -0.2) is 0 Å². The van der Waals surface area contributed by atoms with Gasteiger partial charge in [0.15, 0.2) is 0 Å². The van der Waals surface area contributed by atoms with Crippen LogP contribution in [0.4, 0.5) is 0 Å². The molecule has 0 saturated carbocycles. The van der Waals surface area contributed by atoms with Crippen molar-refractivity contribution in [1.82, 2.24) is 4.90 Å². The first kappa shape index (κ1) is 14.3. The maximum atomic E-state index is 9.76. The minimum Gasteiger partial charge on any atom is -0.396 e. The molecule has 0 bridgehead atoms. The van der Waals surface area contributed by atoms with E-state index in [1.54, 1.807) is 0 Å². The van der Waals surface area contributed by atoms with Gasteiger partial charge in [0, 0.05) is 25.2 Å². The van der Waals surface area contributed by atoms with Crippen molar-refractivity contribution in [1.29, 1.82) is 0 Å². The largest absolute Gasteiger partial charge is 0.396 e. The first-order chi connectivity index (χ1) is 8.78. The summed E-state index contributed by atoms with van der Waals surface area (Å²) in [5, 5.41) is 9.76. The van der Waals surface area contributed by atoms with Crippen molar-refractivity contribution < 1.29 is 9.84 Å². The Bertz CT molecular complexity index is 239. The monoisotopic (exact) mass is 255 g/mol. The van der Waals surface area contributed by atoms with Gasteiger partial charge in [0.1, 0.15) is 0 Å². The predicted molar refractivity (Wildman–Crippen MR) is 73.6 cm³/mol. The highest BCUT2D eigenvalue weighted by molar-refractivity contribution is 4.85. The highest BCUT2D eigenvalue weighted by Crippen LogP contribution is 2.32. The number of rotatable bonds is 4. The molecule has 2 aliphatic rings. The fourth-order valence-corrected chi connectivity index (χ4v) is 3.44. The molecule has 1 atom stereocenters. The topological polar surface area (TPSA) is 32.7 Å². The third-order valence-corrected chi connectivity index (χ3v) is 4.97. The number of aliphatic hydroxyl groups is 1. The van der Waals surface area contributed by atoms with E-state index in [2.05, 4.69) is 11.8 Å². The van der Waals surface area contributed by atoms with E-state index < -0.39 is 0 Å². The molecule has 2 fully saturated rings. The van der Waals surface area contributed by atoms with Crippen LogP contribution in [0, 0.1) is 11.3 Å². The van der Waals surface area contributed by atoms with Crippen molar-refractivity contribution in [2.45, 2.75) is 45.4 Å².